The van der Waals surface area contributed by atoms with Gasteiger partial charge in [-0.2, -0.15) is 0 Å². The minimum Gasteiger partial charge on any atom is -1.00 e. The van der Waals surface area contributed by atoms with E-state index >= 15 is 0 Å². The van der Waals surface area contributed by atoms with Gasteiger partial charge in [0.05, 0.1) is 19.6 Å². The van der Waals surface area contributed by atoms with Gasteiger partial charge in [0.1, 0.15) is 0 Å². The Morgan fingerprint density at radius 2 is 0.929 bits per heavy atom. The van der Waals surface area contributed by atoms with Gasteiger partial charge in [-0.25, -0.2) is 19.2 Å². The summed E-state index contributed by atoms with van der Waals surface area (Å²) in [5.74, 6) is 0. The lowest BCUT2D eigenvalue weighted by atomic mass is 10.2. The number of rotatable bonds is 18. The minimum atomic E-state index is 0. The number of hydrogen-bond donors (Lipinski definition) is 6. The van der Waals surface area contributed by atoms with Gasteiger partial charge in [0.15, 0.2) is 0 Å². The quantitative estimate of drug-likeness (QED) is 0.0823. The number of amides is 8. The van der Waals surface area contributed by atoms with Crippen LogP contribution in [-0.2, 0) is 0 Å². The summed E-state index contributed by atoms with van der Waals surface area (Å²) in [6.45, 7) is 13.7. The highest BCUT2D eigenvalue weighted by Gasteiger charge is 2.20. The number of carbonyl (C=O) groups is 4. The highest BCUT2D eigenvalue weighted by molar-refractivity contribution is 5.77. The van der Waals surface area contributed by atoms with Crippen LogP contribution in [0.2, 0.25) is 0 Å². The molecule has 4 rings (SSSR count). The topological polar surface area (TPSA) is 158 Å². The molecule has 0 aliphatic carbocycles. The van der Waals surface area contributed by atoms with Crippen LogP contribution in [0.5, 0.6) is 0 Å². The van der Waals surface area contributed by atoms with E-state index in [1.165, 1.54) is 6.42 Å². The SMILES string of the molecule is O=C1NCCN1CCCCCNCCN1CCNC1=O.O=C1NCCN1CCCCC[NH2+]CCN1CCNC1=O.[Cl-].[Cl-]. The number of carbonyl (C=O) groups excluding carboxylic acids is 4. The van der Waals surface area contributed by atoms with Gasteiger partial charge in [0.25, 0.3) is 0 Å². The van der Waals surface area contributed by atoms with Crippen molar-refractivity contribution in [3.8, 4) is 0 Å². The van der Waals surface area contributed by atoms with Crippen LogP contribution in [0.3, 0.4) is 0 Å². The molecule has 0 radical (unpaired) electrons. The lowest BCUT2D eigenvalue weighted by molar-refractivity contribution is -0.654. The molecule has 4 aliphatic rings. The standard InChI is InChI=1S/2C13H25N5O2.2ClH/c2*19-12-15-6-10-17(12)8-3-1-2-4-14-5-9-18-11-7-16-13(18)20;;/h2*14H,1-11H2,(H,15,19)(H,16,20);2*1H/p-1. The first kappa shape index (κ1) is 37.6. The summed E-state index contributed by atoms with van der Waals surface area (Å²) >= 11 is 0. The highest BCUT2D eigenvalue weighted by atomic mass is 35.5. The van der Waals surface area contributed by atoms with Crippen LogP contribution in [0.25, 0.3) is 0 Å². The van der Waals surface area contributed by atoms with Crippen molar-refractivity contribution in [3.05, 3.63) is 0 Å². The van der Waals surface area contributed by atoms with Gasteiger partial charge in [-0.05, 0) is 38.6 Å². The number of nitrogens with one attached hydrogen (secondary N) is 5. The van der Waals surface area contributed by atoms with E-state index in [4.69, 9.17) is 0 Å². The number of hydrogen-bond acceptors (Lipinski definition) is 5. The molecule has 4 heterocycles. The molecule has 8 amide bonds. The fraction of sp³-hybridized carbons (Fsp3) is 0.846. The van der Waals surface area contributed by atoms with Crippen molar-refractivity contribution >= 4 is 24.1 Å². The molecule has 7 N–H and O–H groups in total. The summed E-state index contributed by atoms with van der Waals surface area (Å²) in [5.41, 5.74) is 0. The summed E-state index contributed by atoms with van der Waals surface area (Å²) in [7, 11) is 0. The summed E-state index contributed by atoms with van der Waals surface area (Å²) in [5, 5.41) is 16.8. The van der Waals surface area contributed by atoms with Crippen molar-refractivity contribution < 1.29 is 49.3 Å². The first-order chi connectivity index (χ1) is 19.5. The molecule has 0 atom stereocenters. The van der Waals surface area contributed by atoms with Crippen molar-refractivity contribution in [2.75, 3.05) is 105 Å². The first-order valence-corrected chi connectivity index (χ1v) is 15.2. The molecule has 0 aromatic heterocycles. The van der Waals surface area contributed by atoms with E-state index in [-0.39, 0.29) is 48.9 Å². The van der Waals surface area contributed by atoms with Gasteiger partial charge in [0, 0.05) is 78.5 Å². The maximum absolute atomic E-state index is 11.3. The van der Waals surface area contributed by atoms with Gasteiger partial charge in [0.2, 0.25) is 0 Å². The average Bonchev–Trinajstić information content (AvgIpc) is 3.74. The molecule has 14 nitrogen and oxygen atoms in total. The van der Waals surface area contributed by atoms with Crippen molar-refractivity contribution in [2.24, 2.45) is 0 Å². The van der Waals surface area contributed by atoms with Gasteiger partial charge in [-0.15, -0.1) is 0 Å². The number of nitrogens with zero attached hydrogens (tertiary/aromatic N) is 4. The first-order valence-electron chi connectivity index (χ1n) is 15.2. The van der Waals surface area contributed by atoms with E-state index in [0.29, 0.717) is 0 Å². The number of quaternary nitrogens is 1. The van der Waals surface area contributed by atoms with Crippen LogP contribution >= 0.6 is 0 Å². The molecule has 0 aromatic carbocycles. The molecule has 4 aliphatic heterocycles. The van der Waals surface area contributed by atoms with E-state index in [9.17, 15) is 19.2 Å². The maximum Gasteiger partial charge on any atom is 0.317 e. The Bertz CT molecular complexity index is 685. The average molecular weight is 639 g/mol. The van der Waals surface area contributed by atoms with Crippen LogP contribution < -0.4 is 56.7 Å². The molecule has 4 saturated heterocycles. The molecule has 0 unspecified atom stereocenters. The van der Waals surface area contributed by atoms with E-state index in [0.717, 1.165) is 137 Å². The van der Waals surface area contributed by atoms with Gasteiger partial charge < -0.3 is 76.3 Å². The van der Waals surface area contributed by atoms with Crippen LogP contribution in [0.15, 0.2) is 0 Å². The second-order valence-corrected chi connectivity index (χ2v) is 10.6. The summed E-state index contributed by atoms with van der Waals surface area (Å²) in [4.78, 5) is 52.6. The molecule has 0 aromatic rings. The third-order valence-corrected chi connectivity index (χ3v) is 7.56. The molecular formula is C26H51Cl2N10O4-. The zero-order valence-corrected chi connectivity index (χ0v) is 26.3. The Hall–Kier alpha value is -2.42. The zero-order chi connectivity index (χ0) is 28.4. The van der Waals surface area contributed by atoms with Gasteiger partial charge in [-0.1, -0.05) is 6.42 Å². The van der Waals surface area contributed by atoms with Crippen molar-refractivity contribution in [1.29, 1.82) is 0 Å². The lowest BCUT2D eigenvalue weighted by Crippen LogP contribution is -3.00. The van der Waals surface area contributed by atoms with E-state index in [1.807, 2.05) is 19.6 Å². The lowest BCUT2D eigenvalue weighted by Gasteiger charge is -2.15. The summed E-state index contributed by atoms with van der Waals surface area (Å²) in [6, 6.07) is 0.283. The van der Waals surface area contributed by atoms with Crippen molar-refractivity contribution in [2.45, 2.75) is 38.5 Å². The van der Waals surface area contributed by atoms with Crippen molar-refractivity contribution in [3.63, 3.8) is 0 Å². The molecule has 0 bridgehead atoms. The molecule has 244 valence electrons. The fourth-order valence-electron chi connectivity index (χ4n) is 5.13. The largest absolute Gasteiger partial charge is 1.00 e. The zero-order valence-electron chi connectivity index (χ0n) is 24.8. The predicted molar refractivity (Wildman–Crippen MR) is 152 cm³/mol. The molecular weight excluding hydrogens is 587 g/mol. The number of nitrogens with two attached hydrogens (primary N) is 1. The normalized spacial score (nSPS) is 17.7. The Labute approximate surface area is 262 Å². The second-order valence-electron chi connectivity index (χ2n) is 10.6. The van der Waals surface area contributed by atoms with Gasteiger partial charge >= 0.3 is 24.1 Å². The minimum absolute atomic E-state index is 0. The van der Waals surface area contributed by atoms with Crippen LogP contribution in [-0.4, -0.2) is 148 Å². The maximum atomic E-state index is 11.3. The van der Waals surface area contributed by atoms with Crippen LogP contribution in [0.4, 0.5) is 19.2 Å². The Morgan fingerprint density at radius 1 is 0.500 bits per heavy atom. The second kappa shape index (κ2) is 22.2. The predicted octanol–water partition coefficient (Wildman–Crippen LogP) is -7.42. The summed E-state index contributed by atoms with van der Waals surface area (Å²) < 4.78 is 0. The molecule has 42 heavy (non-hydrogen) atoms. The van der Waals surface area contributed by atoms with Gasteiger partial charge in [-0.3, -0.25) is 0 Å². The number of urea groups is 4. The molecule has 0 spiro atoms. The Balaban J connectivity index is 0.000000401. The smallest absolute Gasteiger partial charge is 0.317 e. The Morgan fingerprint density at radius 3 is 1.38 bits per heavy atom. The highest BCUT2D eigenvalue weighted by Crippen LogP contribution is 2.03. The summed E-state index contributed by atoms with van der Waals surface area (Å²) in [6.07, 6.45) is 6.70. The van der Waals surface area contributed by atoms with E-state index in [2.05, 4.69) is 31.9 Å². The van der Waals surface area contributed by atoms with Crippen molar-refractivity contribution in [1.82, 2.24) is 46.2 Å². The Kier molecular flexibility index (Phi) is 19.8. The molecule has 0 saturated carbocycles. The number of halogens is 2. The fourth-order valence-corrected chi connectivity index (χ4v) is 5.13. The number of unbranched alkanes of at least 4 members (excludes halogenated alkanes) is 4. The molecule has 4 fully saturated rings. The molecule has 16 heteroatoms. The third-order valence-electron chi connectivity index (χ3n) is 7.56. The van der Waals surface area contributed by atoms with E-state index in [1.54, 1.807) is 0 Å². The van der Waals surface area contributed by atoms with E-state index < -0.39 is 0 Å². The third kappa shape index (κ3) is 14.2. The van der Waals surface area contributed by atoms with Crippen LogP contribution in [0, 0.1) is 0 Å². The van der Waals surface area contributed by atoms with Crippen LogP contribution in [0.1, 0.15) is 38.5 Å². The monoisotopic (exact) mass is 637 g/mol.